The highest BCUT2D eigenvalue weighted by molar-refractivity contribution is 5.78. The second kappa shape index (κ2) is 9.60. The van der Waals surface area contributed by atoms with Crippen LogP contribution in [0.3, 0.4) is 0 Å². The topological polar surface area (TPSA) is 57.3 Å². The third-order valence-electron chi connectivity index (χ3n) is 5.32. The number of halogens is 1. The summed E-state index contributed by atoms with van der Waals surface area (Å²) in [7, 11) is 5.75. The van der Waals surface area contributed by atoms with Crippen molar-refractivity contribution in [1.82, 2.24) is 9.80 Å². The van der Waals surface area contributed by atoms with Gasteiger partial charge >= 0.3 is 0 Å². The van der Waals surface area contributed by atoms with Crippen molar-refractivity contribution in [1.29, 1.82) is 0 Å². The molecule has 1 fully saturated rings. The van der Waals surface area contributed by atoms with E-state index in [0.29, 0.717) is 12.5 Å². The van der Waals surface area contributed by atoms with E-state index in [-0.39, 0.29) is 11.9 Å². The van der Waals surface area contributed by atoms with Gasteiger partial charge in [-0.1, -0.05) is 12.1 Å². The standard InChI is InChI=1S/C22H30FN5O/c1-26(2)21(17-5-4-6-20(15-17)29-3)16-25-22(24)28-13-11-27(12-14-28)19-9-7-18(23)8-10-19/h4-10,15,21H,11-14,16H2,1-3H3,(H2,24,25). The smallest absolute Gasteiger partial charge is 0.191 e. The Balaban J connectivity index is 1.60. The summed E-state index contributed by atoms with van der Waals surface area (Å²) < 4.78 is 18.5. The van der Waals surface area contributed by atoms with E-state index in [1.807, 2.05) is 44.4 Å². The maximum Gasteiger partial charge on any atom is 0.191 e. The molecule has 2 N–H and O–H groups in total. The Morgan fingerprint density at radius 3 is 2.45 bits per heavy atom. The van der Waals surface area contributed by atoms with E-state index in [1.165, 1.54) is 12.1 Å². The molecule has 1 atom stereocenters. The number of ether oxygens (including phenoxy) is 1. The number of likely N-dealkylation sites (N-methyl/N-ethyl adjacent to an activating group) is 1. The number of anilines is 1. The largest absolute Gasteiger partial charge is 0.497 e. The number of hydrogen-bond acceptors (Lipinski definition) is 4. The number of aliphatic imine (C=N–C) groups is 1. The van der Waals surface area contributed by atoms with E-state index < -0.39 is 0 Å². The molecule has 1 heterocycles. The third kappa shape index (κ3) is 5.38. The van der Waals surface area contributed by atoms with Crippen molar-refractivity contribution in [3.8, 4) is 5.75 Å². The molecule has 2 aromatic carbocycles. The van der Waals surface area contributed by atoms with Crippen molar-refractivity contribution in [3.63, 3.8) is 0 Å². The van der Waals surface area contributed by atoms with Gasteiger partial charge in [0.05, 0.1) is 19.7 Å². The molecule has 7 heteroatoms. The molecular formula is C22H30FN5O. The number of hydrogen-bond donors (Lipinski definition) is 1. The average molecular weight is 400 g/mol. The van der Waals surface area contributed by atoms with E-state index in [0.717, 1.165) is 43.2 Å². The van der Waals surface area contributed by atoms with Gasteiger partial charge in [0.15, 0.2) is 5.96 Å². The zero-order valence-corrected chi connectivity index (χ0v) is 17.4. The van der Waals surface area contributed by atoms with E-state index in [2.05, 4.69) is 25.8 Å². The molecule has 6 nitrogen and oxygen atoms in total. The van der Waals surface area contributed by atoms with Gasteiger partial charge in [0.1, 0.15) is 11.6 Å². The van der Waals surface area contributed by atoms with Gasteiger partial charge in [0.25, 0.3) is 0 Å². The Hall–Kier alpha value is -2.80. The van der Waals surface area contributed by atoms with Crippen LogP contribution in [0.5, 0.6) is 5.75 Å². The molecule has 1 aliphatic heterocycles. The van der Waals surface area contributed by atoms with Crippen molar-refractivity contribution in [2.75, 3.05) is 58.8 Å². The molecule has 1 saturated heterocycles. The van der Waals surface area contributed by atoms with Gasteiger partial charge in [-0.3, -0.25) is 4.99 Å². The minimum atomic E-state index is -0.213. The normalized spacial score (nSPS) is 16.2. The summed E-state index contributed by atoms with van der Waals surface area (Å²) in [5.74, 6) is 1.19. The predicted octanol–water partition coefficient (Wildman–Crippen LogP) is 2.57. The quantitative estimate of drug-likeness (QED) is 0.598. The van der Waals surface area contributed by atoms with Crippen LogP contribution in [0.25, 0.3) is 0 Å². The van der Waals surface area contributed by atoms with Gasteiger partial charge in [0.2, 0.25) is 0 Å². The highest BCUT2D eigenvalue weighted by Crippen LogP contribution is 2.23. The summed E-state index contributed by atoms with van der Waals surface area (Å²) in [5, 5.41) is 0. The van der Waals surface area contributed by atoms with E-state index >= 15 is 0 Å². The molecule has 1 aliphatic rings. The van der Waals surface area contributed by atoms with E-state index in [4.69, 9.17) is 10.5 Å². The van der Waals surface area contributed by atoms with Gasteiger partial charge in [-0.05, 0) is 56.1 Å². The molecule has 0 radical (unpaired) electrons. The van der Waals surface area contributed by atoms with Crippen molar-refractivity contribution in [2.45, 2.75) is 6.04 Å². The molecule has 0 aliphatic carbocycles. The monoisotopic (exact) mass is 399 g/mol. The van der Waals surface area contributed by atoms with Crippen molar-refractivity contribution in [2.24, 2.45) is 10.7 Å². The Bertz CT molecular complexity index is 816. The maximum atomic E-state index is 13.1. The molecule has 0 saturated carbocycles. The molecule has 0 bridgehead atoms. The number of benzene rings is 2. The molecule has 0 aromatic heterocycles. The highest BCUT2D eigenvalue weighted by atomic mass is 19.1. The van der Waals surface area contributed by atoms with Gasteiger partial charge in [-0.15, -0.1) is 0 Å². The van der Waals surface area contributed by atoms with E-state index in [1.54, 1.807) is 7.11 Å². The van der Waals surface area contributed by atoms with Crippen LogP contribution >= 0.6 is 0 Å². The molecule has 2 aromatic rings. The molecule has 0 spiro atoms. The molecule has 3 rings (SSSR count). The summed E-state index contributed by atoms with van der Waals surface area (Å²) in [6.07, 6.45) is 0. The van der Waals surface area contributed by atoms with Crippen molar-refractivity contribution < 1.29 is 9.13 Å². The number of nitrogens with two attached hydrogens (primary N) is 1. The minimum Gasteiger partial charge on any atom is -0.497 e. The Morgan fingerprint density at radius 2 is 1.83 bits per heavy atom. The summed E-state index contributed by atoms with van der Waals surface area (Å²) in [4.78, 5) is 11.2. The predicted molar refractivity (Wildman–Crippen MR) is 116 cm³/mol. The van der Waals surface area contributed by atoms with Crippen LogP contribution in [-0.4, -0.2) is 69.7 Å². The third-order valence-corrected chi connectivity index (χ3v) is 5.32. The zero-order valence-electron chi connectivity index (χ0n) is 17.4. The first-order valence-electron chi connectivity index (χ1n) is 9.83. The number of rotatable bonds is 6. The lowest BCUT2D eigenvalue weighted by molar-refractivity contribution is 0.303. The maximum absolute atomic E-state index is 13.1. The lowest BCUT2D eigenvalue weighted by Crippen LogP contribution is -2.51. The first kappa shape index (κ1) is 20.9. The Morgan fingerprint density at radius 1 is 1.14 bits per heavy atom. The number of methoxy groups -OCH3 is 1. The molecule has 29 heavy (non-hydrogen) atoms. The van der Waals surface area contributed by atoms with Crippen LogP contribution < -0.4 is 15.4 Å². The Labute approximate surface area is 172 Å². The summed E-state index contributed by atoms with van der Waals surface area (Å²) in [6, 6.07) is 14.8. The van der Waals surface area contributed by atoms with Crippen molar-refractivity contribution in [3.05, 3.63) is 59.9 Å². The number of nitrogens with zero attached hydrogens (tertiary/aromatic N) is 4. The highest BCUT2D eigenvalue weighted by Gasteiger charge is 2.20. The summed E-state index contributed by atoms with van der Waals surface area (Å²) in [5.41, 5.74) is 8.48. The first-order valence-corrected chi connectivity index (χ1v) is 9.83. The molecule has 0 amide bonds. The van der Waals surface area contributed by atoms with E-state index in [9.17, 15) is 4.39 Å². The van der Waals surface area contributed by atoms with Crippen LogP contribution in [0, 0.1) is 5.82 Å². The second-order valence-corrected chi connectivity index (χ2v) is 7.41. The van der Waals surface area contributed by atoms with Crippen LogP contribution in [0.4, 0.5) is 10.1 Å². The molecule has 1 unspecified atom stereocenters. The van der Waals surface area contributed by atoms with Crippen LogP contribution in [0.1, 0.15) is 11.6 Å². The fourth-order valence-corrected chi connectivity index (χ4v) is 3.54. The van der Waals surface area contributed by atoms with Crippen LogP contribution in [0.15, 0.2) is 53.5 Å². The van der Waals surface area contributed by atoms with Gasteiger partial charge < -0.3 is 25.2 Å². The average Bonchev–Trinajstić information content (AvgIpc) is 2.74. The second-order valence-electron chi connectivity index (χ2n) is 7.41. The van der Waals surface area contributed by atoms with Crippen molar-refractivity contribution >= 4 is 11.6 Å². The lowest BCUT2D eigenvalue weighted by atomic mass is 10.1. The fourth-order valence-electron chi connectivity index (χ4n) is 3.54. The zero-order chi connectivity index (χ0) is 20.8. The lowest BCUT2D eigenvalue weighted by Gasteiger charge is -2.36. The number of guanidine groups is 1. The van der Waals surface area contributed by atoms with Crippen LogP contribution in [0.2, 0.25) is 0 Å². The van der Waals surface area contributed by atoms with Gasteiger partial charge in [-0.25, -0.2) is 4.39 Å². The molecule has 156 valence electrons. The summed E-state index contributed by atoms with van der Waals surface area (Å²) in [6.45, 7) is 3.81. The first-order chi connectivity index (χ1) is 14.0. The number of piperazine rings is 1. The van der Waals surface area contributed by atoms with Gasteiger partial charge in [-0.2, -0.15) is 0 Å². The Kier molecular flexibility index (Phi) is 6.93. The van der Waals surface area contributed by atoms with Gasteiger partial charge in [0, 0.05) is 31.9 Å². The SMILES string of the molecule is COc1cccc(C(CN=C(N)N2CCN(c3ccc(F)cc3)CC2)N(C)C)c1. The fraction of sp³-hybridized carbons (Fsp3) is 0.409. The van der Waals surface area contributed by atoms with Crippen LogP contribution in [-0.2, 0) is 0 Å². The summed E-state index contributed by atoms with van der Waals surface area (Å²) >= 11 is 0. The minimum absolute atomic E-state index is 0.115. The molecular weight excluding hydrogens is 369 g/mol.